The maximum atomic E-state index is 2.31. The van der Waals surface area contributed by atoms with Crippen LogP contribution >= 0.6 is 0 Å². The highest BCUT2D eigenvalue weighted by atomic mass is 14.9. The minimum atomic E-state index is 1.29. The van der Waals surface area contributed by atoms with Crippen molar-refractivity contribution in [3.05, 3.63) is 72.1 Å². The molecule has 0 N–H and O–H groups in total. The Balaban J connectivity index is 2.01. The molecule has 1 aliphatic heterocycles. The molecule has 0 bridgehead atoms. The molecule has 1 aromatic heterocycles. The summed E-state index contributed by atoms with van der Waals surface area (Å²) in [5.74, 6) is 0. The third-order valence-electron chi connectivity index (χ3n) is 4.37. The van der Waals surface area contributed by atoms with E-state index in [2.05, 4.69) is 86.6 Å². The van der Waals surface area contributed by atoms with Gasteiger partial charge in [-0.15, -0.1) is 0 Å². The van der Waals surface area contributed by atoms with Crippen LogP contribution in [0.4, 0.5) is 0 Å². The molecule has 2 heterocycles. The summed E-state index contributed by atoms with van der Waals surface area (Å²) in [6, 6.07) is 19.4. The molecule has 0 atom stereocenters. The highest BCUT2D eigenvalue weighted by molar-refractivity contribution is 6.78. The Bertz CT molecular complexity index is 893. The summed E-state index contributed by atoms with van der Waals surface area (Å²) in [5.41, 5.74) is 6.65. The Labute approximate surface area is 125 Å². The van der Waals surface area contributed by atoms with Crippen molar-refractivity contribution < 1.29 is 4.57 Å². The van der Waals surface area contributed by atoms with Crippen molar-refractivity contribution in [1.29, 1.82) is 0 Å². The molecule has 1 radical (unpaired) electrons. The molecule has 99 valence electrons. The first-order valence-electron chi connectivity index (χ1n) is 7.28. The normalized spacial score (nSPS) is 13.4. The van der Waals surface area contributed by atoms with Crippen molar-refractivity contribution in [3.63, 3.8) is 0 Å². The first kappa shape index (κ1) is 12.4. The number of fused-ring (bicyclic) bond motifs is 2. The van der Waals surface area contributed by atoms with Crippen LogP contribution in [-0.4, -0.2) is 7.28 Å². The van der Waals surface area contributed by atoms with Crippen LogP contribution in [0, 0.1) is 0 Å². The lowest BCUT2D eigenvalue weighted by Crippen LogP contribution is -2.34. The van der Waals surface area contributed by atoms with Gasteiger partial charge >= 0.3 is 0 Å². The van der Waals surface area contributed by atoms with Gasteiger partial charge in [0.2, 0.25) is 13.0 Å². The SMILES string of the molecule is CC1=C(c2c3ccccc3cc[n+]2C)[B]c2ccccc21. The Morgan fingerprint density at radius 3 is 2.52 bits per heavy atom. The lowest BCUT2D eigenvalue weighted by atomic mass is 9.65. The molecule has 2 aromatic carbocycles. The molecule has 0 spiro atoms. The van der Waals surface area contributed by atoms with E-state index in [-0.39, 0.29) is 0 Å². The number of rotatable bonds is 1. The molecular formula is C19H16BN+. The van der Waals surface area contributed by atoms with Gasteiger partial charge in [-0.05, 0) is 35.0 Å². The van der Waals surface area contributed by atoms with E-state index >= 15 is 0 Å². The van der Waals surface area contributed by atoms with Gasteiger partial charge in [-0.3, -0.25) is 0 Å². The Kier molecular flexibility index (Phi) is 2.71. The number of aromatic nitrogens is 1. The third kappa shape index (κ3) is 1.83. The Morgan fingerprint density at radius 2 is 1.67 bits per heavy atom. The number of allylic oxidation sites excluding steroid dienone is 1. The van der Waals surface area contributed by atoms with Crippen molar-refractivity contribution >= 4 is 34.6 Å². The molecule has 3 aromatic rings. The molecule has 1 nitrogen and oxygen atoms in total. The number of hydrogen-bond donors (Lipinski definition) is 0. The van der Waals surface area contributed by atoms with Crippen LogP contribution in [-0.2, 0) is 7.05 Å². The van der Waals surface area contributed by atoms with Crippen molar-refractivity contribution in [2.24, 2.45) is 7.05 Å². The molecule has 4 rings (SSSR count). The smallest absolute Gasteiger partial charge is 0.201 e. The summed E-state index contributed by atoms with van der Waals surface area (Å²) < 4.78 is 2.23. The zero-order valence-electron chi connectivity index (χ0n) is 12.3. The fraction of sp³-hybridized carbons (Fsp3) is 0.105. The van der Waals surface area contributed by atoms with Gasteiger partial charge in [0, 0.05) is 6.07 Å². The van der Waals surface area contributed by atoms with Crippen molar-refractivity contribution in [2.45, 2.75) is 6.92 Å². The van der Waals surface area contributed by atoms with E-state index in [1.165, 1.54) is 38.5 Å². The van der Waals surface area contributed by atoms with Crippen LogP contribution in [0.1, 0.15) is 18.2 Å². The second kappa shape index (κ2) is 4.59. The van der Waals surface area contributed by atoms with Gasteiger partial charge in [0.1, 0.15) is 7.05 Å². The minimum absolute atomic E-state index is 1.29. The fourth-order valence-corrected chi connectivity index (χ4v) is 3.27. The third-order valence-corrected chi connectivity index (χ3v) is 4.37. The zero-order valence-corrected chi connectivity index (χ0v) is 12.3. The number of pyridine rings is 1. The quantitative estimate of drug-likeness (QED) is 0.472. The molecule has 21 heavy (non-hydrogen) atoms. The summed E-state index contributed by atoms with van der Waals surface area (Å²) in [5, 5.41) is 2.59. The summed E-state index contributed by atoms with van der Waals surface area (Å²) in [6.07, 6.45) is 2.15. The van der Waals surface area contributed by atoms with Gasteiger partial charge in [0.05, 0.1) is 5.39 Å². The van der Waals surface area contributed by atoms with Gasteiger partial charge in [-0.1, -0.05) is 47.9 Å². The molecule has 0 fully saturated rings. The van der Waals surface area contributed by atoms with E-state index in [1.54, 1.807) is 0 Å². The van der Waals surface area contributed by atoms with E-state index in [4.69, 9.17) is 0 Å². The van der Waals surface area contributed by atoms with Gasteiger partial charge in [0.15, 0.2) is 6.20 Å². The molecule has 2 heteroatoms. The maximum Gasteiger partial charge on any atom is 0.207 e. The average molecular weight is 269 g/mol. The number of aryl methyl sites for hydroxylation is 1. The predicted octanol–water partition coefficient (Wildman–Crippen LogP) is 2.90. The molecule has 0 aliphatic carbocycles. The standard InChI is InChI=1S/C19H16BN/c1-13-15-8-5-6-10-17(15)20-18(13)19-16-9-4-3-7-14(16)11-12-21(19)2/h3-12H,1-2H3/q+1. The molecular weight excluding hydrogens is 253 g/mol. The van der Waals surface area contributed by atoms with E-state index in [1.807, 2.05) is 0 Å². The Hall–Kier alpha value is -2.35. The van der Waals surface area contributed by atoms with Gasteiger partial charge < -0.3 is 0 Å². The van der Waals surface area contributed by atoms with Crippen LogP contribution < -0.4 is 10.0 Å². The zero-order chi connectivity index (χ0) is 14.4. The molecule has 0 amide bonds. The van der Waals surface area contributed by atoms with Crippen molar-refractivity contribution in [1.82, 2.24) is 0 Å². The van der Waals surface area contributed by atoms with Crippen LogP contribution in [0.2, 0.25) is 0 Å². The Morgan fingerprint density at radius 1 is 0.905 bits per heavy atom. The highest BCUT2D eigenvalue weighted by Crippen LogP contribution is 2.31. The maximum absolute atomic E-state index is 2.31. The van der Waals surface area contributed by atoms with E-state index in [9.17, 15) is 0 Å². The van der Waals surface area contributed by atoms with Crippen molar-refractivity contribution in [2.75, 3.05) is 0 Å². The minimum Gasteiger partial charge on any atom is -0.201 e. The average Bonchev–Trinajstić information content (AvgIpc) is 2.84. The van der Waals surface area contributed by atoms with Crippen LogP contribution in [0.3, 0.4) is 0 Å². The summed E-state index contributed by atoms with van der Waals surface area (Å²) in [4.78, 5) is 0. The van der Waals surface area contributed by atoms with Crippen LogP contribution in [0.5, 0.6) is 0 Å². The van der Waals surface area contributed by atoms with Crippen LogP contribution in [0.15, 0.2) is 60.8 Å². The van der Waals surface area contributed by atoms with E-state index < -0.39 is 0 Å². The largest absolute Gasteiger partial charge is 0.207 e. The van der Waals surface area contributed by atoms with Crippen LogP contribution in [0.25, 0.3) is 21.8 Å². The molecule has 0 unspecified atom stereocenters. The first-order valence-corrected chi connectivity index (χ1v) is 7.28. The lowest BCUT2D eigenvalue weighted by molar-refractivity contribution is -0.672. The second-order valence-corrected chi connectivity index (χ2v) is 5.63. The summed E-state index contributed by atoms with van der Waals surface area (Å²) >= 11 is 0. The summed E-state index contributed by atoms with van der Waals surface area (Å²) in [6.45, 7) is 2.22. The number of benzene rings is 2. The molecule has 1 aliphatic rings. The second-order valence-electron chi connectivity index (χ2n) is 5.63. The topological polar surface area (TPSA) is 3.88 Å². The first-order chi connectivity index (χ1) is 10.3. The van der Waals surface area contributed by atoms with Gasteiger partial charge in [-0.2, -0.15) is 0 Å². The van der Waals surface area contributed by atoms with E-state index in [0.717, 1.165) is 0 Å². The van der Waals surface area contributed by atoms with Crippen molar-refractivity contribution in [3.8, 4) is 0 Å². The summed E-state index contributed by atoms with van der Waals surface area (Å²) in [7, 11) is 4.44. The predicted molar refractivity (Wildman–Crippen MR) is 89.4 cm³/mol. The van der Waals surface area contributed by atoms with E-state index in [0.29, 0.717) is 0 Å². The highest BCUT2D eigenvalue weighted by Gasteiger charge is 2.26. The van der Waals surface area contributed by atoms with Gasteiger partial charge in [-0.25, -0.2) is 4.57 Å². The monoisotopic (exact) mass is 269 g/mol. The molecule has 0 saturated heterocycles. The fourth-order valence-electron chi connectivity index (χ4n) is 3.27. The molecule has 0 saturated carbocycles. The number of hydrogen-bond acceptors (Lipinski definition) is 0. The number of nitrogens with zero attached hydrogens (tertiary/aromatic N) is 1. The lowest BCUT2D eigenvalue weighted by Gasteiger charge is -2.07. The van der Waals surface area contributed by atoms with Gasteiger partial charge in [0.25, 0.3) is 0 Å².